The van der Waals surface area contributed by atoms with E-state index < -0.39 is 22.0 Å². The summed E-state index contributed by atoms with van der Waals surface area (Å²) in [7, 11) is -3.97. The lowest BCUT2D eigenvalue weighted by Gasteiger charge is -2.17. The Morgan fingerprint density at radius 3 is 2.45 bits per heavy atom. The number of halogens is 1. The summed E-state index contributed by atoms with van der Waals surface area (Å²) < 4.78 is 35.2. The van der Waals surface area contributed by atoms with Gasteiger partial charge in [0.1, 0.15) is 18.4 Å². The van der Waals surface area contributed by atoms with Crippen LogP contribution in [0, 0.1) is 15.9 Å². The van der Waals surface area contributed by atoms with Gasteiger partial charge < -0.3 is 4.74 Å². The molecule has 2 N–H and O–H groups in total. The second kappa shape index (κ2) is 12.7. The van der Waals surface area contributed by atoms with Crippen LogP contribution in [0.2, 0.25) is 0 Å². The molecule has 9 heteroatoms. The van der Waals surface area contributed by atoms with Gasteiger partial charge in [0.15, 0.2) is 0 Å². The van der Waals surface area contributed by atoms with E-state index in [1.807, 2.05) is 60.7 Å². The molecule has 0 saturated carbocycles. The van der Waals surface area contributed by atoms with Crippen molar-refractivity contribution in [2.75, 3.05) is 6.61 Å². The first-order valence-electron chi connectivity index (χ1n) is 11.6. The minimum Gasteiger partial charge on any atom is -0.480 e. The fourth-order valence-electron chi connectivity index (χ4n) is 3.80. The SMILES string of the molecule is C#CCOc1ccc2ccccc2c1/C=N\NC(=O)[C@@H](Cc1ccccc1)NS(=O)(=O)c1ccc(I)cc1. The summed E-state index contributed by atoms with van der Waals surface area (Å²) in [4.78, 5) is 13.3. The maximum Gasteiger partial charge on any atom is 0.258 e. The largest absolute Gasteiger partial charge is 0.480 e. The number of hydrogen-bond donors (Lipinski definition) is 2. The Kier molecular flexibility index (Phi) is 9.12. The maximum atomic E-state index is 13.2. The normalized spacial score (nSPS) is 12.2. The van der Waals surface area contributed by atoms with Crippen LogP contribution in [0.4, 0.5) is 0 Å². The van der Waals surface area contributed by atoms with Crippen LogP contribution < -0.4 is 14.9 Å². The molecule has 4 aromatic carbocycles. The summed E-state index contributed by atoms with van der Waals surface area (Å²) in [6.45, 7) is 0.0744. The Bertz CT molecular complexity index is 1600. The Morgan fingerprint density at radius 1 is 1.00 bits per heavy atom. The Morgan fingerprint density at radius 2 is 1.71 bits per heavy atom. The molecule has 0 heterocycles. The first-order chi connectivity index (χ1) is 18.4. The zero-order valence-electron chi connectivity index (χ0n) is 20.2. The highest BCUT2D eigenvalue weighted by atomic mass is 127. The molecule has 0 saturated heterocycles. The number of hydrazone groups is 1. The van der Waals surface area contributed by atoms with Crippen molar-refractivity contribution in [2.24, 2.45) is 5.10 Å². The molecule has 0 unspecified atom stereocenters. The van der Waals surface area contributed by atoms with Crippen molar-refractivity contribution < 1.29 is 17.9 Å². The summed E-state index contributed by atoms with van der Waals surface area (Å²) in [5, 5.41) is 5.97. The molecular formula is C29H24IN3O4S. The third kappa shape index (κ3) is 6.98. The standard InChI is InChI=1S/C29H24IN3O4S/c1-2-18-37-28-17-12-22-10-6-7-11-25(22)26(28)20-31-32-29(34)27(19-21-8-4-3-5-9-21)33-38(35,36)24-15-13-23(30)14-16-24/h1,3-17,20,27,33H,18-19H2,(H,32,34)/b31-20-/t27-/m1/s1. The van der Waals surface area contributed by atoms with E-state index in [0.29, 0.717) is 11.3 Å². The van der Waals surface area contributed by atoms with Gasteiger partial charge >= 0.3 is 0 Å². The van der Waals surface area contributed by atoms with Crippen LogP contribution in [0.15, 0.2) is 101 Å². The van der Waals surface area contributed by atoms with Crippen molar-refractivity contribution >= 4 is 55.5 Å². The van der Waals surface area contributed by atoms with Crippen LogP contribution >= 0.6 is 22.6 Å². The third-order valence-electron chi connectivity index (χ3n) is 5.63. The average molecular weight is 637 g/mol. The van der Waals surface area contributed by atoms with Crippen molar-refractivity contribution in [3.8, 4) is 18.1 Å². The van der Waals surface area contributed by atoms with Gasteiger partial charge in [-0.1, -0.05) is 66.6 Å². The molecule has 0 spiro atoms. The molecule has 7 nitrogen and oxygen atoms in total. The molecule has 0 aliphatic carbocycles. The number of amides is 1. The number of sulfonamides is 1. The lowest BCUT2D eigenvalue weighted by molar-refractivity contribution is -0.122. The van der Waals surface area contributed by atoms with E-state index in [4.69, 9.17) is 11.2 Å². The predicted molar refractivity (Wildman–Crippen MR) is 157 cm³/mol. The molecule has 192 valence electrons. The summed E-state index contributed by atoms with van der Waals surface area (Å²) >= 11 is 2.10. The molecule has 0 aromatic heterocycles. The summed E-state index contributed by atoms with van der Waals surface area (Å²) in [6.07, 6.45) is 6.96. The van der Waals surface area contributed by atoms with Crippen molar-refractivity contribution in [3.63, 3.8) is 0 Å². The van der Waals surface area contributed by atoms with E-state index in [2.05, 4.69) is 43.8 Å². The molecule has 0 aliphatic rings. The van der Waals surface area contributed by atoms with Crippen LogP contribution in [0.5, 0.6) is 5.75 Å². The zero-order chi connectivity index (χ0) is 27.0. The lowest BCUT2D eigenvalue weighted by Crippen LogP contribution is -2.46. The first kappa shape index (κ1) is 27.3. The van der Waals surface area contributed by atoms with Gasteiger partial charge in [-0.3, -0.25) is 4.79 Å². The number of carbonyl (C=O) groups excluding carboxylic acids is 1. The number of nitrogens with one attached hydrogen (secondary N) is 2. The highest BCUT2D eigenvalue weighted by Crippen LogP contribution is 2.26. The van der Waals surface area contributed by atoms with Crippen molar-refractivity contribution in [1.29, 1.82) is 0 Å². The van der Waals surface area contributed by atoms with E-state index in [9.17, 15) is 13.2 Å². The summed E-state index contributed by atoms with van der Waals surface area (Å²) in [6, 6.07) is 25.8. The Labute approximate surface area is 235 Å². The van der Waals surface area contributed by atoms with Crippen LogP contribution in [-0.2, 0) is 21.2 Å². The topological polar surface area (TPSA) is 96.9 Å². The van der Waals surface area contributed by atoms with Crippen molar-refractivity contribution in [1.82, 2.24) is 10.1 Å². The number of nitrogens with zero attached hydrogens (tertiary/aromatic N) is 1. The zero-order valence-corrected chi connectivity index (χ0v) is 23.1. The van der Waals surface area contributed by atoms with Gasteiger partial charge in [0.2, 0.25) is 10.0 Å². The fourth-order valence-corrected chi connectivity index (χ4v) is 5.35. The highest BCUT2D eigenvalue weighted by Gasteiger charge is 2.26. The van der Waals surface area contributed by atoms with E-state index >= 15 is 0 Å². The van der Waals surface area contributed by atoms with Gasteiger partial charge in [-0.15, -0.1) is 6.42 Å². The van der Waals surface area contributed by atoms with Crippen LogP contribution in [-0.4, -0.2) is 33.2 Å². The summed E-state index contributed by atoms with van der Waals surface area (Å²) in [5.41, 5.74) is 3.92. The number of hydrogen-bond acceptors (Lipinski definition) is 5. The molecule has 4 rings (SSSR count). The smallest absolute Gasteiger partial charge is 0.258 e. The van der Waals surface area contributed by atoms with Crippen LogP contribution in [0.3, 0.4) is 0 Å². The van der Waals surface area contributed by atoms with E-state index in [1.54, 1.807) is 18.2 Å². The quantitative estimate of drug-likeness (QED) is 0.116. The maximum absolute atomic E-state index is 13.2. The van der Waals surface area contributed by atoms with E-state index in [0.717, 1.165) is 19.9 Å². The monoisotopic (exact) mass is 637 g/mol. The number of terminal acetylenes is 1. The highest BCUT2D eigenvalue weighted by molar-refractivity contribution is 14.1. The van der Waals surface area contributed by atoms with Gasteiger partial charge in [-0.2, -0.15) is 9.82 Å². The number of carbonyl (C=O) groups is 1. The molecule has 4 aromatic rings. The van der Waals surface area contributed by atoms with Crippen molar-refractivity contribution in [3.05, 3.63) is 106 Å². The van der Waals surface area contributed by atoms with Crippen molar-refractivity contribution in [2.45, 2.75) is 17.4 Å². The van der Waals surface area contributed by atoms with E-state index in [1.165, 1.54) is 18.3 Å². The third-order valence-corrected chi connectivity index (χ3v) is 7.84. The lowest BCUT2D eigenvalue weighted by atomic mass is 10.0. The fraction of sp³-hybridized carbons (Fsp3) is 0.103. The number of ether oxygens (including phenoxy) is 1. The molecule has 0 bridgehead atoms. The molecule has 0 aliphatic heterocycles. The van der Waals surface area contributed by atoms with Gasteiger partial charge in [0.05, 0.1) is 11.1 Å². The Hall–Kier alpha value is -3.72. The minimum atomic E-state index is -3.97. The van der Waals surface area contributed by atoms with Crippen LogP contribution in [0.1, 0.15) is 11.1 Å². The Balaban J connectivity index is 1.59. The van der Waals surface area contributed by atoms with Gasteiger partial charge in [-0.05, 0) is 75.7 Å². The molecule has 0 radical (unpaired) electrons. The van der Waals surface area contributed by atoms with Gasteiger partial charge in [-0.25, -0.2) is 13.8 Å². The summed E-state index contributed by atoms with van der Waals surface area (Å²) in [5.74, 6) is 2.35. The second-order valence-corrected chi connectivity index (χ2v) is 11.2. The van der Waals surface area contributed by atoms with E-state index in [-0.39, 0.29) is 17.9 Å². The van der Waals surface area contributed by atoms with Crippen LogP contribution in [0.25, 0.3) is 10.8 Å². The molecule has 1 amide bonds. The van der Waals surface area contributed by atoms with Gasteiger partial charge in [0.25, 0.3) is 5.91 Å². The minimum absolute atomic E-state index is 0.0679. The molecule has 1 atom stereocenters. The first-order valence-corrected chi connectivity index (χ1v) is 14.2. The molecule has 38 heavy (non-hydrogen) atoms. The second-order valence-electron chi connectivity index (χ2n) is 8.24. The predicted octanol–water partition coefficient (Wildman–Crippen LogP) is 4.50. The molecular weight excluding hydrogens is 613 g/mol. The molecule has 0 fully saturated rings. The number of fused-ring (bicyclic) bond motifs is 1. The van der Waals surface area contributed by atoms with Gasteiger partial charge in [0, 0.05) is 9.13 Å². The average Bonchev–Trinajstić information content (AvgIpc) is 2.92. The number of rotatable bonds is 10. The number of benzene rings is 4.